The molecular formula is C23H15N5S2. The van der Waals surface area contributed by atoms with E-state index in [0.29, 0.717) is 0 Å². The number of hydrogen-bond acceptors (Lipinski definition) is 4. The van der Waals surface area contributed by atoms with Gasteiger partial charge in [-0.3, -0.25) is 0 Å². The molecule has 0 bridgehead atoms. The van der Waals surface area contributed by atoms with Crippen molar-refractivity contribution in [1.29, 1.82) is 10.5 Å². The van der Waals surface area contributed by atoms with E-state index in [1.54, 1.807) is 34.8 Å². The molecule has 0 unspecified atom stereocenters. The van der Waals surface area contributed by atoms with Crippen molar-refractivity contribution in [2.45, 2.75) is 19.9 Å². The van der Waals surface area contributed by atoms with E-state index in [1.165, 1.54) is 32.6 Å². The van der Waals surface area contributed by atoms with Crippen molar-refractivity contribution in [3.63, 3.8) is 0 Å². The van der Waals surface area contributed by atoms with Gasteiger partial charge < -0.3 is 4.57 Å². The minimum atomic E-state index is 0.0618. The van der Waals surface area contributed by atoms with Crippen LogP contribution in [0.25, 0.3) is 42.3 Å². The standard InChI is InChI=1S/C23H15N5S2/c1-4-11-28-20-12-18(9-5-7-16(14-24)26-2)29-22(20)23-21(28)13-19(30-23)10-6-8-17(15-25)27-3/h5-10,12-13H,4,11H2,1H3/b9-5+,10-6+,16-7-,17-8+. The number of aromatic nitrogens is 1. The molecule has 0 amide bonds. The Balaban J connectivity index is 2.02. The highest BCUT2D eigenvalue weighted by Gasteiger charge is 2.15. The zero-order chi connectivity index (χ0) is 21.5. The molecule has 0 fully saturated rings. The van der Waals surface area contributed by atoms with Crippen LogP contribution < -0.4 is 0 Å². The molecular weight excluding hydrogens is 410 g/mol. The van der Waals surface area contributed by atoms with Crippen LogP contribution in [0.2, 0.25) is 0 Å². The van der Waals surface area contributed by atoms with Gasteiger partial charge in [0.15, 0.2) is 0 Å². The van der Waals surface area contributed by atoms with Crippen molar-refractivity contribution >= 4 is 55.3 Å². The third kappa shape index (κ3) is 4.24. The van der Waals surface area contributed by atoms with Gasteiger partial charge in [0, 0.05) is 16.3 Å². The molecule has 0 atom stereocenters. The summed E-state index contributed by atoms with van der Waals surface area (Å²) in [5.74, 6) is 0. The van der Waals surface area contributed by atoms with Crippen LogP contribution in [0.4, 0.5) is 0 Å². The fourth-order valence-electron chi connectivity index (χ4n) is 2.95. The smallest absolute Gasteiger partial charge is 0.261 e. The lowest BCUT2D eigenvalue weighted by molar-refractivity contribution is 0.724. The lowest BCUT2D eigenvalue weighted by atomic mass is 10.3. The first kappa shape index (κ1) is 20.8. The van der Waals surface area contributed by atoms with E-state index in [-0.39, 0.29) is 11.4 Å². The fraction of sp³-hybridized carbons (Fsp3) is 0.130. The molecule has 3 aromatic rings. The summed E-state index contributed by atoms with van der Waals surface area (Å²) in [4.78, 5) is 8.44. The van der Waals surface area contributed by atoms with E-state index < -0.39 is 0 Å². The maximum Gasteiger partial charge on any atom is 0.261 e. The van der Waals surface area contributed by atoms with Crippen LogP contribution in [0, 0.1) is 35.8 Å². The molecule has 0 saturated heterocycles. The Morgan fingerprint density at radius 3 is 1.80 bits per heavy atom. The number of nitrogens with zero attached hydrogens (tertiary/aromatic N) is 5. The molecule has 3 heterocycles. The predicted molar refractivity (Wildman–Crippen MR) is 124 cm³/mol. The average Bonchev–Trinajstić information content (AvgIpc) is 3.42. The fourth-order valence-corrected chi connectivity index (χ4v) is 5.25. The molecule has 144 valence electrons. The van der Waals surface area contributed by atoms with Gasteiger partial charge in [-0.05, 0) is 42.9 Å². The van der Waals surface area contributed by atoms with Gasteiger partial charge in [0.1, 0.15) is 0 Å². The van der Waals surface area contributed by atoms with Gasteiger partial charge in [-0.2, -0.15) is 0 Å². The molecule has 0 aliphatic heterocycles. The van der Waals surface area contributed by atoms with E-state index in [2.05, 4.69) is 33.3 Å². The molecule has 0 aliphatic rings. The predicted octanol–water partition coefficient (Wildman–Crippen LogP) is 7.01. The maximum atomic E-state index is 8.84. The molecule has 0 radical (unpaired) electrons. The third-order valence-corrected chi connectivity index (χ3v) is 6.54. The summed E-state index contributed by atoms with van der Waals surface area (Å²) in [6, 6.07) is 8.00. The Hall–Kier alpha value is -3.88. The average molecular weight is 426 g/mol. The summed E-state index contributed by atoms with van der Waals surface area (Å²) < 4.78 is 4.75. The highest BCUT2D eigenvalue weighted by atomic mass is 32.1. The molecule has 7 heteroatoms. The van der Waals surface area contributed by atoms with E-state index in [0.717, 1.165) is 22.7 Å². The number of thiophene rings is 2. The quantitative estimate of drug-likeness (QED) is 0.242. The number of allylic oxidation sites excluding steroid dienone is 6. The van der Waals surface area contributed by atoms with Gasteiger partial charge in [-0.15, -0.1) is 22.7 Å². The topological polar surface area (TPSA) is 61.2 Å². The third-order valence-electron chi connectivity index (χ3n) is 4.20. The summed E-state index contributed by atoms with van der Waals surface area (Å²) in [5.41, 5.74) is 2.50. The summed E-state index contributed by atoms with van der Waals surface area (Å²) in [7, 11) is 0. The van der Waals surface area contributed by atoms with Crippen molar-refractivity contribution in [2.75, 3.05) is 0 Å². The Labute approximate surface area is 182 Å². The molecule has 0 spiro atoms. The molecule has 3 rings (SSSR count). The van der Waals surface area contributed by atoms with Gasteiger partial charge in [0.05, 0.1) is 45.7 Å². The number of hydrogen-bond donors (Lipinski definition) is 0. The Kier molecular flexibility index (Phi) is 6.63. The molecule has 0 aromatic carbocycles. The van der Waals surface area contributed by atoms with Gasteiger partial charge in [-0.1, -0.05) is 19.1 Å². The normalized spacial score (nSPS) is 12.4. The minimum Gasteiger partial charge on any atom is -0.339 e. The summed E-state index contributed by atoms with van der Waals surface area (Å²) in [6.07, 6.45) is 11.4. The monoisotopic (exact) mass is 425 g/mol. The van der Waals surface area contributed by atoms with Gasteiger partial charge in [0.2, 0.25) is 0 Å². The molecule has 0 N–H and O–H groups in total. The Morgan fingerprint density at radius 1 is 0.967 bits per heavy atom. The summed E-state index contributed by atoms with van der Waals surface area (Å²) in [5, 5.41) is 17.7. The SMILES string of the molecule is [C-]#[N+]/C(C#N)=C\C=C\c1cc2c(s1)c1sc(/C=C/C=C(\C#N)[N+]#[C-])cc1n2CCC. The first-order valence-corrected chi connectivity index (χ1v) is 10.7. The molecule has 30 heavy (non-hydrogen) atoms. The van der Waals surface area contributed by atoms with Crippen molar-refractivity contribution in [2.24, 2.45) is 0 Å². The van der Waals surface area contributed by atoms with Crippen molar-refractivity contribution in [1.82, 2.24) is 4.57 Å². The van der Waals surface area contributed by atoms with E-state index in [1.807, 2.05) is 24.3 Å². The van der Waals surface area contributed by atoms with Crippen molar-refractivity contribution in [3.8, 4) is 12.1 Å². The summed E-state index contributed by atoms with van der Waals surface area (Å²) in [6.45, 7) is 16.9. The van der Waals surface area contributed by atoms with Crippen LogP contribution in [-0.2, 0) is 6.54 Å². The maximum absolute atomic E-state index is 8.84. The van der Waals surface area contributed by atoms with Crippen LogP contribution in [0.5, 0.6) is 0 Å². The van der Waals surface area contributed by atoms with Crippen LogP contribution in [0.15, 0.2) is 47.8 Å². The Bertz CT molecular complexity index is 1260. The second-order valence-corrected chi connectivity index (χ2v) is 8.31. The first-order chi connectivity index (χ1) is 14.6. The van der Waals surface area contributed by atoms with Crippen LogP contribution >= 0.6 is 22.7 Å². The molecule has 0 aliphatic carbocycles. The highest BCUT2D eigenvalue weighted by Crippen LogP contribution is 2.41. The van der Waals surface area contributed by atoms with Gasteiger partial charge >= 0.3 is 0 Å². The van der Waals surface area contributed by atoms with E-state index in [4.69, 9.17) is 23.7 Å². The number of fused-ring (bicyclic) bond motifs is 3. The highest BCUT2D eigenvalue weighted by molar-refractivity contribution is 7.28. The van der Waals surface area contributed by atoms with Crippen LogP contribution in [0.3, 0.4) is 0 Å². The molecule has 0 saturated carbocycles. The second-order valence-electron chi connectivity index (χ2n) is 6.15. The lowest BCUT2D eigenvalue weighted by Gasteiger charge is -2.02. The molecule has 3 aromatic heterocycles. The zero-order valence-electron chi connectivity index (χ0n) is 16.1. The number of aryl methyl sites for hydroxylation is 1. The van der Waals surface area contributed by atoms with Crippen LogP contribution in [-0.4, -0.2) is 4.57 Å². The van der Waals surface area contributed by atoms with E-state index in [9.17, 15) is 0 Å². The van der Waals surface area contributed by atoms with Gasteiger partial charge in [-0.25, -0.2) is 20.2 Å². The van der Waals surface area contributed by atoms with Crippen molar-refractivity contribution < 1.29 is 0 Å². The Morgan fingerprint density at radius 2 is 1.43 bits per heavy atom. The van der Waals surface area contributed by atoms with Gasteiger partial charge in [0.25, 0.3) is 11.4 Å². The van der Waals surface area contributed by atoms with Crippen LogP contribution in [0.1, 0.15) is 23.1 Å². The minimum absolute atomic E-state index is 0.0618. The van der Waals surface area contributed by atoms with E-state index >= 15 is 0 Å². The largest absolute Gasteiger partial charge is 0.339 e. The number of rotatable bonds is 6. The first-order valence-electron chi connectivity index (χ1n) is 9.02. The lowest BCUT2D eigenvalue weighted by Crippen LogP contribution is -1.94. The molecule has 5 nitrogen and oxygen atoms in total. The van der Waals surface area contributed by atoms with Crippen molar-refractivity contribution in [3.05, 3.63) is 80.4 Å². The summed E-state index contributed by atoms with van der Waals surface area (Å²) >= 11 is 3.37. The second kappa shape index (κ2) is 9.55. The zero-order valence-corrected chi connectivity index (χ0v) is 17.7. The number of nitriles is 2.